The smallest absolute Gasteiger partial charge is 0.352 e. The molecule has 194 valence electrons. The lowest BCUT2D eigenvalue weighted by atomic mass is 9.89. The summed E-state index contributed by atoms with van der Waals surface area (Å²) < 4.78 is 41.5. The van der Waals surface area contributed by atoms with Crippen LogP contribution in [0.4, 0.5) is 13.2 Å². The molecule has 0 spiro atoms. The van der Waals surface area contributed by atoms with Gasteiger partial charge in [0.25, 0.3) is 5.91 Å². The van der Waals surface area contributed by atoms with Crippen LogP contribution in [0.1, 0.15) is 52.1 Å². The lowest BCUT2D eigenvalue weighted by Crippen LogP contribution is -2.40. The Hall–Kier alpha value is -4.02. The zero-order valence-corrected chi connectivity index (χ0v) is 19.9. The van der Waals surface area contributed by atoms with E-state index in [1.54, 1.807) is 59.8 Å². The third kappa shape index (κ3) is 6.41. The first-order chi connectivity index (χ1) is 17.7. The number of Topliss-reactive ketones (excluding diaryl/α,β-unsaturated/α-hetero) is 1. The minimum atomic E-state index is -4.80. The molecule has 1 aliphatic heterocycles. The average Bonchev–Trinajstić information content (AvgIpc) is 3.38. The number of halogens is 3. The van der Waals surface area contributed by atoms with Crippen LogP contribution in [0.5, 0.6) is 0 Å². The van der Waals surface area contributed by atoms with Crippen molar-refractivity contribution in [1.29, 1.82) is 0 Å². The third-order valence-electron chi connectivity index (χ3n) is 6.27. The summed E-state index contributed by atoms with van der Waals surface area (Å²) in [6.45, 7) is 0.944. The average molecular weight is 514 g/mol. The first-order valence-corrected chi connectivity index (χ1v) is 12.0. The normalized spacial score (nSPS) is 14.4. The number of pyridine rings is 1. The van der Waals surface area contributed by atoms with E-state index in [9.17, 15) is 27.6 Å². The van der Waals surface area contributed by atoms with E-state index in [0.29, 0.717) is 37.2 Å². The van der Waals surface area contributed by atoms with Crippen LogP contribution < -0.4 is 5.32 Å². The number of amides is 2. The molecule has 0 saturated carbocycles. The molecule has 8 nitrogen and oxygen atoms in total. The standard InChI is InChI=1S/C26H26F3N5O3/c27-26(28,29)24-21(17-34(32-24)20-7-2-1-3-8-20)25(37)31-13-5-9-22(35)33-14-10-18(11-15-33)23(36)19-6-4-12-30-16-19/h1-4,6-8,12,16-18H,5,9-11,13-15H2,(H,31,37). The van der Waals surface area contributed by atoms with E-state index >= 15 is 0 Å². The van der Waals surface area contributed by atoms with E-state index in [0.717, 1.165) is 10.9 Å². The highest BCUT2D eigenvalue weighted by molar-refractivity contribution is 5.97. The number of rotatable bonds is 8. The number of hydrogen-bond acceptors (Lipinski definition) is 5. The van der Waals surface area contributed by atoms with Crippen molar-refractivity contribution < 1.29 is 27.6 Å². The summed E-state index contributed by atoms with van der Waals surface area (Å²) in [4.78, 5) is 43.3. The van der Waals surface area contributed by atoms with Gasteiger partial charge in [0.2, 0.25) is 5.91 Å². The van der Waals surface area contributed by atoms with E-state index in [4.69, 9.17) is 0 Å². The number of hydrogen-bond donors (Lipinski definition) is 1. The van der Waals surface area contributed by atoms with Gasteiger partial charge >= 0.3 is 6.18 Å². The predicted molar refractivity (Wildman–Crippen MR) is 128 cm³/mol. The number of aromatic nitrogens is 3. The second-order valence-corrected chi connectivity index (χ2v) is 8.79. The van der Waals surface area contributed by atoms with Gasteiger partial charge in [-0.1, -0.05) is 18.2 Å². The Morgan fingerprint density at radius 3 is 2.41 bits per heavy atom. The number of alkyl halides is 3. The molecule has 1 saturated heterocycles. The van der Waals surface area contributed by atoms with E-state index in [-0.39, 0.29) is 37.0 Å². The third-order valence-corrected chi connectivity index (χ3v) is 6.27. The van der Waals surface area contributed by atoms with Gasteiger partial charge in [-0.15, -0.1) is 0 Å². The lowest BCUT2D eigenvalue weighted by Gasteiger charge is -2.31. The summed E-state index contributed by atoms with van der Waals surface area (Å²) >= 11 is 0. The maximum atomic E-state index is 13.5. The molecule has 3 aromatic rings. The minimum absolute atomic E-state index is 0.0247. The number of nitrogens with one attached hydrogen (secondary N) is 1. The fourth-order valence-corrected chi connectivity index (χ4v) is 4.29. The molecule has 0 bridgehead atoms. The van der Waals surface area contributed by atoms with Crippen LogP contribution in [0.3, 0.4) is 0 Å². The molecule has 0 radical (unpaired) electrons. The van der Waals surface area contributed by atoms with E-state index < -0.39 is 23.3 Å². The molecular formula is C26H26F3N5O3. The van der Waals surface area contributed by atoms with Gasteiger partial charge in [-0.2, -0.15) is 18.3 Å². The highest BCUT2D eigenvalue weighted by Gasteiger charge is 2.39. The number of carbonyl (C=O) groups excluding carboxylic acids is 3. The Morgan fingerprint density at radius 1 is 1.03 bits per heavy atom. The van der Waals surface area contributed by atoms with Gasteiger partial charge < -0.3 is 10.2 Å². The number of benzene rings is 1. The summed E-state index contributed by atoms with van der Waals surface area (Å²) in [6, 6.07) is 11.6. The first-order valence-electron chi connectivity index (χ1n) is 12.0. The summed E-state index contributed by atoms with van der Waals surface area (Å²) in [5.41, 5.74) is -0.897. The first kappa shape index (κ1) is 26.1. The van der Waals surface area contributed by atoms with Gasteiger partial charge in [-0.3, -0.25) is 19.4 Å². The molecule has 2 aromatic heterocycles. The van der Waals surface area contributed by atoms with Crippen LogP contribution in [0, 0.1) is 5.92 Å². The van der Waals surface area contributed by atoms with Crippen LogP contribution in [0.2, 0.25) is 0 Å². The molecule has 0 aliphatic carbocycles. The number of piperidine rings is 1. The fraction of sp³-hybridized carbons (Fsp3) is 0.346. The molecule has 1 fully saturated rings. The van der Waals surface area contributed by atoms with Gasteiger partial charge in [0.15, 0.2) is 11.5 Å². The molecule has 0 unspecified atom stereocenters. The minimum Gasteiger partial charge on any atom is -0.352 e. The van der Waals surface area contributed by atoms with Gasteiger partial charge in [-0.25, -0.2) is 4.68 Å². The molecule has 3 heterocycles. The topological polar surface area (TPSA) is 97.2 Å². The quantitative estimate of drug-likeness (QED) is 0.364. The Bertz CT molecular complexity index is 1240. The van der Waals surface area contributed by atoms with Crippen molar-refractivity contribution in [3.05, 3.63) is 77.9 Å². The lowest BCUT2D eigenvalue weighted by molar-refractivity contribution is -0.141. The highest BCUT2D eigenvalue weighted by Crippen LogP contribution is 2.31. The number of ketones is 1. The molecule has 1 aromatic carbocycles. The van der Waals surface area contributed by atoms with Crippen LogP contribution in [-0.2, 0) is 11.0 Å². The number of para-hydroxylation sites is 1. The summed E-state index contributed by atoms with van der Waals surface area (Å²) in [5.74, 6) is -1.16. The number of likely N-dealkylation sites (tertiary alicyclic amines) is 1. The van der Waals surface area contributed by atoms with Crippen LogP contribution >= 0.6 is 0 Å². The van der Waals surface area contributed by atoms with Crippen molar-refractivity contribution in [3.8, 4) is 5.69 Å². The van der Waals surface area contributed by atoms with Crippen LogP contribution in [0.15, 0.2) is 61.1 Å². The fourth-order valence-electron chi connectivity index (χ4n) is 4.29. The van der Waals surface area contributed by atoms with Crippen molar-refractivity contribution in [2.75, 3.05) is 19.6 Å². The van der Waals surface area contributed by atoms with Crippen molar-refractivity contribution in [3.63, 3.8) is 0 Å². The van der Waals surface area contributed by atoms with Gasteiger partial charge in [0, 0.05) is 56.1 Å². The van der Waals surface area contributed by atoms with Crippen molar-refractivity contribution >= 4 is 17.6 Å². The van der Waals surface area contributed by atoms with Gasteiger partial charge in [0.05, 0.1) is 11.3 Å². The summed E-state index contributed by atoms with van der Waals surface area (Å²) in [7, 11) is 0. The maximum Gasteiger partial charge on any atom is 0.435 e. The predicted octanol–water partition coefficient (Wildman–Crippen LogP) is 3.92. The maximum absolute atomic E-state index is 13.5. The van der Waals surface area contributed by atoms with E-state index in [1.807, 2.05) is 0 Å². The molecule has 0 atom stereocenters. The molecule has 1 N–H and O–H groups in total. The van der Waals surface area contributed by atoms with Gasteiger partial charge in [0.1, 0.15) is 0 Å². The Morgan fingerprint density at radius 2 is 1.76 bits per heavy atom. The zero-order chi connectivity index (χ0) is 26.4. The molecule has 2 amide bonds. The van der Waals surface area contributed by atoms with E-state index in [1.165, 1.54) is 0 Å². The molecule has 37 heavy (non-hydrogen) atoms. The molecule has 11 heteroatoms. The van der Waals surface area contributed by atoms with Crippen LogP contribution in [-0.4, -0.2) is 56.9 Å². The van der Waals surface area contributed by atoms with Crippen LogP contribution in [0.25, 0.3) is 5.69 Å². The Balaban J connectivity index is 1.26. The van der Waals surface area contributed by atoms with Crippen molar-refractivity contribution in [1.82, 2.24) is 25.0 Å². The highest BCUT2D eigenvalue weighted by atomic mass is 19.4. The Labute approximate surface area is 211 Å². The summed E-state index contributed by atoms with van der Waals surface area (Å²) in [5, 5.41) is 6.03. The number of carbonyl (C=O) groups is 3. The Kier molecular flexibility index (Phi) is 8.00. The molecule has 1 aliphatic rings. The molecule has 4 rings (SSSR count). The van der Waals surface area contributed by atoms with E-state index in [2.05, 4.69) is 15.4 Å². The second-order valence-electron chi connectivity index (χ2n) is 8.79. The molecular weight excluding hydrogens is 487 g/mol. The number of nitrogens with zero attached hydrogens (tertiary/aromatic N) is 4. The SMILES string of the molecule is O=C(NCCCC(=O)N1CCC(C(=O)c2cccnc2)CC1)c1cn(-c2ccccc2)nc1C(F)(F)F. The summed E-state index contributed by atoms with van der Waals surface area (Å²) in [6.07, 6.45) is 0.919. The zero-order valence-electron chi connectivity index (χ0n) is 19.9. The van der Waals surface area contributed by atoms with Crippen molar-refractivity contribution in [2.45, 2.75) is 31.9 Å². The van der Waals surface area contributed by atoms with Gasteiger partial charge in [-0.05, 0) is 43.5 Å². The largest absolute Gasteiger partial charge is 0.435 e. The second kappa shape index (κ2) is 11.4. The van der Waals surface area contributed by atoms with Crippen molar-refractivity contribution in [2.24, 2.45) is 5.92 Å². The monoisotopic (exact) mass is 513 g/mol.